The van der Waals surface area contributed by atoms with E-state index in [4.69, 9.17) is 4.42 Å². The third-order valence-corrected chi connectivity index (χ3v) is 3.35. The first-order valence-corrected chi connectivity index (χ1v) is 7.55. The molecule has 6 heteroatoms. The molecule has 0 aliphatic heterocycles. The van der Waals surface area contributed by atoms with E-state index in [2.05, 4.69) is 16.0 Å². The zero-order valence-corrected chi connectivity index (χ0v) is 13.3. The molecular weight excluding hydrogens is 294 g/mol. The molecule has 0 spiro atoms. The van der Waals surface area contributed by atoms with Gasteiger partial charge in [-0.1, -0.05) is 19.1 Å². The summed E-state index contributed by atoms with van der Waals surface area (Å²) >= 11 is 0. The molecule has 0 saturated heterocycles. The minimum absolute atomic E-state index is 0.279. The van der Waals surface area contributed by atoms with Gasteiger partial charge in [0.2, 0.25) is 5.91 Å². The summed E-state index contributed by atoms with van der Waals surface area (Å²) in [7, 11) is 0. The summed E-state index contributed by atoms with van der Waals surface area (Å²) in [5, 5.41) is 8.02. The number of benzene rings is 1. The van der Waals surface area contributed by atoms with Crippen LogP contribution in [0.15, 0.2) is 47.1 Å². The molecule has 1 unspecified atom stereocenters. The summed E-state index contributed by atoms with van der Waals surface area (Å²) in [6, 6.07) is 10.0. The van der Waals surface area contributed by atoms with Gasteiger partial charge in [0.05, 0.1) is 12.8 Å². The lowest BCUT2D eigenvalue weighted by molar-refractivity contribution is -0.122. The van der Waals surface area contributed by atoms with Crippen LogP contribution in [-0.4, -0.2) is 18.0 Å². The summed E-state index contributed by atoms with van der Waals surface area (Å²) < 4.78 is 5.13. The van der Waals surface area contributed by atoms with Crippen LogP contribution in [0.25, 0.3) is 0 Å². The molecule has 0 radical (unpaired) electrons. The summed E-state index contributed by atoms with van der Waals surface area (Å²) in [5.74, 6) is 0.380. The number of anilines is 1. The number of aryl methyl sites for hydroxylation is 1. The van der Waals surface area contributed by atoms with Crippen molar-refractivity contribution in [3.63, 3.8) is 0 Å². The van der Waals surface area contributed by atoms with Crippen LogP contribution in [0.2, 0.25) is 0 Å². The van der Waals surface area contributed by atoms with Gasteiger partial charge in [-0.3, -0.25) is 4.79 Å². The Balaban J connectivity index is 1.80. The monoisotopic (exact) mass is 315 g/mol. The summed E-state index contributed by atoms with van der Waals surface area (Å²) in [6.45, 7) is 3.96. The van der Waals surface area contributed by atoms with Crippen molar-refractivity contribution in [2.45, 2.75) is 32.9 Å². The summed E-state index contributed by atoms with van der Waals surface area (Å²) in [6.07, 6.45) is 2.43. The number of amides is 3. The van der Waals surface area contributed by atoms with Crippen molar-refractivity contribution < 1.29 is 14.0 Å². The molecule has 6 nitrogen and oxygen atoms in total. The Bertz CT molecular complexity index is 653. The van der Waals surface area contributed by atoms with Crippen LogP contribution in [0.4, 0.5) is 10.5 Å². The van der Waals surface area contributed by atoms with Crippen molar-refractivity contribution >= 4 is 17.6 Å². The second-order valence-corrected chi connectivity index (χ2v) is 5.17. The van der Waals surface area contributed by atoms with Gasteiger partial charge < -0.3 is 20.4 Å². The lowest BCUT2D eigenvalue weighted by Gasteiger charge is -2.14. The van der Waals surface area contributed by atoms with Gasteiger partial charge in [0.1, 0.15) is 11.8 Å². The molecule has 0 aliphatic rings. The Morgan fingerprint density at radius 2 is 2.04 bits per heavy atom. The van der Waals surface area contributed by atoms with Crippen molar-refractivity contribution in [2.75, 3.05) is 5.32 Å². The highest BCUT2D eigenvalue weighted by atomic mass is 16.3. The van der Waals surface area contributed by atoms with Crippen LogP contribution in [0.1, 0.15) is 25.2 Å². The van der Waals surface area contributed by atoms with E-state index in [1.165, 1.54) is 0 Å². The second kappa shape index (κ2) is 8.03. The molecule has 2 aromatic rings. The van der Waals surface area contributed by atoms with E-state index in [1.807, 2.05) is 25.1 Å². The van der Waals surface area contributed by atoms with Crippen molar-refractivity contribution in [1.29, 1.82) is 0 Å². The smallest absolute Gasteiger partial charge is 0.319 e. The fraction of sp³-hybridized carbons (Fsp3) is 0.294. The predicted molar refractivity (Wildman–Crippen MR) is 88.0 cm³/mol. The molecule has 23 heavy (non-hydrogen) atoms. The highest BCUT2D eigenvalue weighted by Gasteiger charge is 2.15. The number of urea groups is 1. The van der Waals surface area contributed by atoms with E-state index in [-0.39, 0.29) is 12.5 Å². The molecule has 3 N–H and O–H groups in total. The van der Waals surface area contributed by atoms with Gasteiger partial charge in [-0.15, -0.1) is 0 Å². The number of hydrogen-bond acceptors (Lipinski definition) is 3. The molecule has 0 aliphatic carbocycles. The maximum absolute atomic E-state index is 11.9. The average molecular weight is 315 g/mol. The van der Waals surface area contributed by atoms with Gasteiger partial charge in [-0.25, -0.2) is 4.79 Å². The van der Waals surface area contributed by atoms with Crippen LogP contribution >= 0.6 is 0 Å². The van der Waals surface area contributed by atoms with E-state index in [0.29, 0.717) is 11.4 Å². The minimum atomic E-state index is -0.653. The molecule has 1 atom stereocenters. The Labute approximate surface area is 135 Å². The molecule has 122 valence electrons. The van der Waals surface area contributed by atoms with Crippen LogP contribution in [0.3, 0.4) is 0 Å². The maximum atomic E-state index is 11.9. The number of carbonyl (C=O) groups is 2. The van der Waals surface area contributed by atoms with E-state index in [0.717, 1.165) is 12.0 Å². The third-order valence-electron chi connectivity index (χ3n) is 3.35. The minimum Gasteiger partial charge on any atom is -0.467 e. The quantitative estimate of drug-likeness (QED) is 0.766. The standard InChI is InChI=1S/C17H21N3O3/c1-3-13-6-4-7-14(10-13)20-17(22)19-12(2)16(21)18-11-15-8-5-9-23-15/h4-10,12H,3,11H2,1-2H3,(H,18,21)(H2,19,20,22). The zero-order chi connectivity index (χ0) is 16.7. The molecule has 0 saturated carbocycles. The van der Waals surface area contributed by atoms with E-state index < -0.39 is 12.1 Å². The van der Waals surface area contributed by atoms with Gasteiger partial charge in [-0.2, -0.15) is 0 Å². The average Bonchev–Trinajstić information content (AvgIpc) is 3.06. The molecule has 1 aromatic heterocycles. The van der Waals surface area contributed by atoms with Crippen LogP contribution in [-0.2, 0) is 17.8 Å². The Hall–Kier alpha value is -2.76. The second-order valence-electron chi connectivity index (χ2n) is 5.17. The van der Waals surface area contributed by atoms with Crippen LogP contribution in [0.5, 0.6) is 0 Å². The van der Waals surface area contributed by atoms with Crippen molar-refractivity contribution in [1.82, 2.24) is 10.6 Å². The molecule has 1 heterocycles. The van der Waals surface area contributed by atoms with Crippen molar-refractivity contribution in [2.24, 2.45) is 0 Å². The lowest BCUT2D eigenvalue weighted by atomic mass is 10.1. The van der Waals surface area contributed by atoms with Gasteiger partial charge >= 0.3 is 6.03 Å². The Morgan fingerprint density at radius 3 is 2.74 bits per heavy atom. The number of carbonyl (C=O) groups excluding carboxylic acids is 2. The first-order valence-electron chi connectivity index (χ1n) is 7.55. The highest BCUT2D eigenvalue weighted by molar-refractivity contribution is 5.93. The number of furan rings is 1. The number of hydrogen-bond donors (Lipinski definition) is 3. The SMILES string of the molecule is CCc1cccc(NC(=O)NC(C)C(=O)NCc2ccco2)c1. The number of rotatable bonds is 6. The predicted octanol–water partition coefficient (Wildman–Crippen LogP) is 2.67. The Morgan fingerprint density at radius 1 is 1.22 bits per heavy atom. The van der Waals surface area contributed by atoms with Gasteiger partial charge in [0.15, 0.2) is 0 Å². The molecule has 0 bridgehead atoms. The van der Waals surface area contributed by atoms with Crippen LogP contribution in [0, 0.1) is 0 Å². The van der Waals surface area contributed by atoms with Crippen LogP contribution < -0.4 is 16.0 Å². The normalized spacial score (nSPS) is 11.6. The molecule has 0 fully saturated rings. The molecule has 1 aromatic carbocycles. The Kier molecular flexibility index (Phi) is 5.80. The largest absolute Gasteiger partial charge is 0.467 e. The summed E-state index contributed by atoms with van der Waals surface area (Å²) in [5.41, 5.74) is 1.83. The molecule has 3 amide bonds. The lowest BCUT2D eigenvalue weighted by Crippen LogP contribution is -2.46. The fourth-order valence-corrected chi connectivity index (χ4v) is 2.04. The van der Waals surface area contributed by atoms with Crippen molar-refractivity contribution in [3.05, 3.63) is 54.0 Å². The first kappa shape index (κ1) is 16.6. The van der Waals surface area contributed by atoms with E-state index in [9.17, 15) is 9.59 Å². The van der Waals surface area contributed by atoms with Crippen molar-refractivity contribution in [3.8, 4) is 0 Å². The van der Waals surface area contributed by atoms with Gasteiger partial charge in [-0.05, 0) is 43.2 Å². The van der Waals surface area contributed by atoms with E-state index in [1.54, 1.807) is 31.4 Å². The summed E-state index contributed by atoms with van der Waals surface area (Å²) in [4.78, 5) is 23.9. The topological polar surface area (TPSA) is 83.4 Å². The van der Waals surface area contributed by atoms with E-state index >= 15 is 0 Å². The first-order chi connectivity index (χ1) is 11.1. The molecular formula is C17H21N3O3. The highest BCUT2D eigenvalue weighted by Crippen LogP contribution is 2.10. The van der Waals surface area contributed by atoms with Gasteiger partial charge in [0, 0.05) is 5.69 Å². The molecule has 2 rings (SSSR count). The fourth-order valence-electron chi connectivity index (χ4n) is 2.04. The zero-order valence-electron chi connectivity index (χ0n) is 13.3. The third kappa shape index (κ3) is 5.18. The van der Waals surface area contributed by atoms with Gasteiger partial charge in [0.25, 0.3) is 0 Å². The number of nitrogens with one attached hydrogen (secondary N) is 3. The maximum Gasteiger partial charge on any atom is 0.319 e.